The van der Waals surface area contributed by atoms with Crippen molar-refractivity contribution in [2.75, 3.05) is 6.61 Å². The Morgan fingerprint density at radius 2 is 1.74 bits per heavy atom. The van der Waals surface area contributed by atoms with Gasteiger partial charge in [0.2, 0.25) is 5.69 Å². The van der Waals surface area contributed by atoms with Gasteiger partial charge in [-0.2, -0.15) is 0 Å². The Hall–Kier alpha value is -2.36. The molecule has 0 amide bonds. The van der Waals surface area contributed by atoms with Crippen molar-refractivity contribution in [2.45, 2.75) is 13.3 Å². The Morgan fingerprint density at radius 3 is 2.47 bits per heavy atom. The van der Waals surface area contributed by atoms with Crippen molar-refractivity contribution in [2.24, 2.45) is 5.11 Å². The molecular weight excluding hydrogens is 240 g/mol. The van der Waals surface area contributed by atoms with Crippen molar-refractivity contribution in [3.63, 3.8) is 0 Å². The quantitative estimate of drug-likeness (QED) is 0.452. The summed E-state index contributed by atoms with van der Waals surface area (Å²) in [6.07, 6.45) is 0.911. The normalized spacial score (nSPS) is 11.3. The average molecular weight is 256 g/mol. The number of azo groups is 1. The number of para-hydroxylation sites is 2. The largest absolute Gasteiger partial charge is 0.594 e. The van der Waals surface area contributed by atoms with Gasteiger partial charge in [-0.1, -0.05) is 37.3 Å². The van der Waals surface area contributed by atoms with Gasteiger partial charge in [-0.05, 0) is 23.4 Å². The zero-order valence-corrected chi connectivity index (χ0v) is 10.8. The average Bonchev–Trinajstić information content (AvgIpc) is 2.47. The van der Waals surface area contributed by atoms with Crippen LogP contribution < -0.4 is 4.74 Å². The molecule has 0 heterocycles. The van der Waals surface area contributed by atoms with E-state index in [1.54, 1.807) is 30.3 Å². The molecule has 2 aromatic rings. The van der Waals surface area contributed by atoms with Crippen LogP contribution in [-0.4, -0.2) is 11.5 Å². The maximum atomic E-state index is 11.9. The molecule has 0 unspecified atom stereocenters. The van der Waals surface area contributed by atoms with Crippen molar-refractivity contribution >= 4 is 11.4 Å². The van der Waals surface area contributed by atoms with E-state index in [9.17, 15) is 5.21 Å². The maximum absolute atomic E-state index is 11.9. The number of rotatable bonds is 5. The molecule has 4 heteroatoms. The molecule has 0 bridgehead atoms. The van der Waals surface area contributed by atoms with Gasteiger partial charge in [0.1, 0.15) is 0 Å². The van der Waals surface area contributed by atoms with Gasteiger partial charge in [-0.15, -0.1) is 0 Å². The summed E-state index contributed by atoms with van der Waals surface area (Å²) in [4.78, 5) is 0.605. The predicted octanol–water partition coefficient (Wildman–Crippen LogP) is 4.40. The molecule has 0 aromatic heterocycles. The molecule has 0 aliphatic carbocycles. The number of nitrogens with zero attached hydrogens (tertiary/aromatic N) is 2. The zero-order chi connectivity index (χ0) is 13.5. The van der Waals surface area contributed by atoms with Crippen LogP contribution in [0.5, 0.6) is 5.75 Å². The molecule has 0 saturated heterocycles. The maximum Gasteiger partial charge on any atom is 0.244 e. The van der Waals surface area contributed by atoms with Gasteiger partial charge in [-0.25, -0.2) is 0 Å². The summed E-state index contributed by atoms with van der Waals surface area (Å²) in [5.74, 6) is 0.626. The van der Waals surface area contributed by atoms with E-state index in [0.29, 0.717) is 28.6 Å². The second kappa shape index (κ2) is 6.54. The Bertz CT molecular complexity index is 553. The molecular formula is C15H16N2O2. The first kappa shape index (κ1) is 13.1. The van der Waals surface area contributed by atoms with Crippen molar-refractivity contribution in [3.8, 4) is 5.75 Å². The summed E-state index contributed by atoms with van der Waals surface area (Å²) in [7, 11) is 0. The predicted molar refractivity (Wildman–Crippen MR) is 74.0 cm³/mol. The van der Waals surface area contributed by atoms with Crippen LogP contribution in [-0.2, 0) is 0 Å². The highest BCUT2D eigenvalue weighted by molar-refractivity contribution is 5.50. The second-order valence-electron chi connectivity index (χ2n) is 4.02. The van der Waals surface area contributed by atoms with Gasteiger partial charge < -0.3 is 9.94 Å². The van der Waals surface area contributed by atoms with Gasteiger partial charge in [0, 0.05) is 17.2 Å². The van der Waals surface area contributed by atoms with Crippen molar-refractivity contribution in [1.82, 2.24) is 0 Å². The number of hydrogen-bond donors (Lipinski definition) is 0. The first-order valence-corrected chi connectivity index (χ1v) is 6.27. The number of hydrogen-bond acceptors (Lipinski definition) is 3. The highest BCUT2D eigenvalue weighted by atomic mass is 16.5. The Balaban J connectivity index is 2.27. The van der Waals surface area contributed by atoms with Gasteiger partial charge in [0.25, 0.3) is 0 Å². The summed E-state index contributed by atoms with van der Waals surface area (Å²) >= 11 is 0. The van der Waals surface area contributed by atoms with Crippen LogP contribution in [0.4, 0.5) is 11.4 Å². The third-order valence-electron chi connectivity index (χ3n) is 2.50. The molecule has 0 spiro atoms. The van der Waals surface area contributed by atoms with Crippen LogP contribution in [0.25, 0.3) is 0 Å². The second-order valence-corrected chi connectivity index (χ2v) is 4.02. The molecule has 0 N–H and O–H groups in total. The molecule has 0 saturated carbocycles. The molecule has 0 aliphatic rings. The first-order valence-electron chi connectivity index (χ1n) is 6.27. The van der Waals surface area contributed by atoms with Crippen LogP contribution in [0.1, 0.15) is 13.3 Å². The van der Waals surface area contributed by atoms with E-state index in [4.69, 9.17) is 4.74 Å². The van der Waals surface area contributed by atoms with E-state index < -0.39 is 0 Å². The number of benzene rings is 2. The van der Waals surface area contributed by atoms with Crippen LogP contribution in [0.3, 0.4) is 0 Å². The standard InChI is InChI=1S/C15H16N2O2/c1-2-12-19-15-11-7-6-10-14(15)16-17(18)13-8-4-3-5-9-13/h3-11H,2,12H2,1H3. The van der Waals surface area contributed by atoms with Crippen LogP contribution in [0.2, 0.25) is 0 Å². The Labute approximate surface area is 112 Å². The summed E-state index contributed by atoms with van der Waals surface area (Å²) in [5, 5.41) is 16.0. The van der Waals surface area contributed by atoms with Crippen LogP contribution in [0, 0.1) is 5.21 Å². The van der Waals surface area contributed by atoms with Crippen molar-refractivity contribution < 1.29 is 9.60 Å². The molecule has 98 valence electrons. The van der Waals surface area contributed by atoms with Crippen LogP contribution >= 0.6 is 0 Å². The van der Waals surface area contributed by atoms with E-state index in [0.717, 1.165) is 6.42 Å². The lowest BCUT2D eigenvalue weighted by atomic mass is 10.3. The lowest BCUT2D eigenvalue weighted by molar-refractivity contribution is -0.435. The highest BCUT2D eigenvalue weighted by Crippen LogP contribution is 2.28. The number of ether oxygens (including phenoxy) is 1. The molecule has 19 heavy (non-hydrogen) atoms. The summed E-state index contributed by atoms with van der Waals surface area (Å²) < 4.78 is 5.56. The van der Waals surface area contributed by atoms with Crippen molar-refractivity contribution in [1.29, 1.82) is 0 Å². The van der Waals surface area contributed by atoms with E-state index in [1.807, 2.05) is 31.2 Å². The fourth-order valence-corrected chi connectivity index (χ4v) is 1.58. The minimum absolute atomic E-state index is 0.493. The van der Waals surface area contributed by atoms with Crippen molar-refractivity contribution in [3.05, 3.63) is 59.8 Å². The van der Waals surface area contributed by atoms with E-state index in [1.165, 1.54) is 0 Å². The zero-order valence-electron chi connectivity index (χ0n) is 10.8. The minimum atomic E-state index is 0.493. The summed E-state index contributed by atoms with van der Waals surface area (Å²) in [6, 6.07) is 16.2. The first-order chi connectivity index (χ1) is 9.31. The van der Waals surface area contributed by atoms with E-state index >= 15 is 0 Å². The molecule has 2 rings (SSSR count). The molecule has 0 fully saturated rings. The topological polar surface area (TPSA) is 47.7 Å². The molecule has 2 aromatic carbocycles. The van der Waals surface area contributed by atoms with E-state index in [2.05, 4.69) is 5.11 Å². The minimum Gasteiger partial charge on any atom is -0.594 e. The lowest BCUT2D eigenvalue weighted by Crippen LogP contribution is -1.96. The Kier molecular flexibility index (Phi) is 4.50. The molecule has 4 nitrogen and oxygen atoms in total. The van der Waals surface area contributed by atoms with Gasteiger partial charge in [0.05, 0.1) is 6.61 Å². The Morgan fingerprint density at radius 1 is 1.05 bits per heavy atom. The van der Waals surface area contributed by atoms with E-state index in [-0.39, 0.29) is 0 Å². The SMILES string of the molecule is CCCOc1ccccc1N=[N+]([O-])c1ccccc1. The summed E-state index contributed by atoms with van der Waals surface area (Å²) in [5.41, 5.74) is 1.03. The summed E-state index contributed by atoms with van der Waals surface area (Å²) in [6.45, 7) is 2.64. The van der Waals surface area contributed by atoms with Gasteiger partial charge in [0.15, 0.2) is 11.4 Å². The molecule has 0 aliphatic heterocycles. The third-order valence-corrected chi connectivity index (χ3v) is 2.50. The molecule has 0 radical (unpaired) electrons. The molecule has 0 atom stereocenters. The fraction of sp³-hybridized carbons (Fsp3) is 0.200. The smallest absolute Gasteiger partial charge is 0.244 e. The third kappa shape index (κ3) is 3.55. The van der Waals surface area contributed by atoms with Crippen LogP contribution in [0.15, 0.2) is 59.7 Å². The lowest BCUT2D eigenvalue weighted by Gasteiger charge is -2.06. The highest BCUT2D eigenvalue weighted by Gasteiger charge is 2.07. The fourth-order valence-electron chi connectivity index (χ4n) is 1.58. The monoisotopic (exact) mass is 256 g/mol. The van der Waals surface area contributed by atoms with Gasteiger partial charge >= 0.3 is 0 Å². The van der Waals surface area contributed by atoms with Gasteiger partial charge in [-0.3, -0.25) is 0 Å².